The van der Waals surface area contributed by atoms with E-state index in [2.05, 4.69) is 10.2 Å². The Morgan fingerprint density at radius 1 is 0.829 bits per heavy atom. The molecule has 0 saturated heterocycles. The highest BCUT2D eigenvalue weighted by Crippen LogP contribution is 2.31. The summed E-state index contributed by atoms with van der Waals surface area (Å²) < 4.78 is 63.2. The van der Waals surface area contributed by atoms with Crippen molar-refractivity contribution in [1.29, 1.82) is 0 Å². The molecule has 0 aromatic heterocycles. The van der Waals surface area contributed by atoms with Crippen LogP contribution in [0.3, 0.4) is 0 Å². The molecular weight excluding hydrogens is 500 g/mol. The van der Waals surface area contributed by atoms with Gasteiger partial charge in [-0.1, -0.05) is 6.08 Å². The van der Waals surface area contributed by atoms with Gasteiger partial charge in [-0.15, -0.1) is 0 Å². The van der Waals surface area contributed by atoms with Gasteiger partial charge < -0.3 is 5.11 Å². The predicted molar refractivity (Wildman–Crippen MR) is 126 cm³/mol. The minimum absolute atomic E-state index is 0.214. The van der Waals surface area contributed by atoms with Gasteiger partial charge in [0, 0.05) is 5.71 Å². The maximum atomic E-state index is 13.0. The summed E-state index contributed by atoms with van der Waals surface area (Å²) in [6.45, 7) is 3.27. The van der Waals surface area contributed by atoms with Crippen LogP contribution in [0, 0.1) is 5.92 Å². The summed E-state index contributed by atoms with van der Waals surface area (Å²) in [5.74, 6) is -1.19. The number of hydrogen-bond donors (Lipinski definition) is 3. The van der Waals surface area contributed by atoms with E-state index in [0.717, 1.165) is 17.1 Å². The minimum atomic E-state index is -4.38. The van der Waals surface area contributed by atoms with Crippen molar-refractivity contribution in [3.63, 3.8) is 0 Å². The molecule has 2 aliphatic rings. The van der Waals surface area contributed by atoms with Crippen molar-refractivity contribution >= 4 is 48.9 Å². The Balaban J connectivity index is 1.57. The molecule has 0 saturated carbocycles. The van der Waals surface area contributed by atoms with Crippen LogP contribution in [0.4, 0.5) is 11.4 Å². The Hall–Kier alpha value is -3.43. The van der Waals surface area contributed by atoms with Gasteiger partial charge in [0.2, 0.25) is 0 Å². The van der Waals surface area contributed by atoms with Crippen LogP contribution in [-0.2, 0) is 25.0 Å². The SMILES string of the molecule is CC1=NN(c2ccc(S(=O)(=O)O)cc2)C(=O)C1=CC1C(C)=NN(c2ccc(S(=O)(=O)O)cc2)C1O. The van der Waals surface area contributed by atoms with E-state index < -0.39 is 38.3 Å². The van der Waals surface area contributed by atoms with Crippen molar-refractivity contribution in [2.45, 2.75) is 29.9 Å². The molecule has 0 bridgehead atoms. The fourth-order valence-corrected chi connectivity index (χ4v) is 4.64. The molecule has 0 spiro atoms. The number of hydrogen-bond acceptors (Lipinski definition) is 9. The summed E-state index contributed by atoms with van der Waals surface area (Å²) in [5.41, 5.74) is 1.72. The molecule has 2 atom stereocenters. The molecule has 14 heteroatoms. The average molecular weight is 521 g/mol. The van der Waals surface area contributed by atoms with Crippen LogP contribution >= 0.6 is 0 Å². The van der Waals surface area contributed by atoms with Crippen molar-refractivity contribution in [3.05, 3.63) is 60.2 Å². The van der Waals surface area contributed by atoms with Gasteiger partial charge in [-0.25, -0.2) is 5.01 Å². The maximum absolute atomic E-state index is 13.0. The molecule has 184 valence electrons. The standard InChI is InChI=1S/C21H20N4O8S2/c1-12-18(20(26)24(22-12)14-3-7-16(8-4-14)34(28,29)30)11-19-13(2)23-25(21(19)27)15-5-9-17(10-6-15)35(31,32)33/h3-11,18,20,26H,1-2H3,(H,28,29,30)(H,31,32,33). The zero-order valence-electron chi connectivity index (χ0n) is 18.3. The van der Waals surface area contributed by atoms with Gasteiger partial charge >= 0.3 is 0 Å². The van der Waals surface area contributed by atoms with E-state index in [0.29, 0.717) is 17.1 Å². The molecule has 0 radical (unpaired) electrons. The number of carbonyl (C=O) groups excluding carboxylic acids is 1. The first-order chi connectivity index (χ1) is 16.3. The Kier molecular flexibility index (Phi) is 6.11. The summed E-state index contributed by atoms with van der Waals surface area (Å²) in [7, 11) is -8.75. The number of aliphatic hydroxyl groups is 1. The molecule has 2 aromatic rings. The van der Waals surface area contributed by atoms with Gasteiger partial charge in [-0.2, -0.15) is 32.0 Å². The molecular formula is C21H20N4O8S2. The van der Waals surface area contributed by atoms with Crippen LogP contribution < -0.4 is 10.0 Å². The lowest BCUT2D eigenvalue weighted by Gasteiger charge is -2.22. The Morgan fingerprint density at radius 3 is 1.80 bits per heavy atom. The van der Waals surface area contributed by atoms with E-state index in [1.165, 1.54) is 47.5 Å². The quantitative estimate of drug-likeness (QED) is 0.391. The van der Waals surface area contributed by atoms with E-state index in [-0.39, 0.29) is 21.1 Å². The average Bonchev–Trinajstić information content (AvgIpc) is 3.23. The first-order valence-electron chi connectivity index (χ1n) is 10.1. The largest absolute Gasteiger partial charge is 0.371 e. The fraction of sp³-hybridized carbons (Fsp3) is 0.190. The number of benzene rings is 2. The third-order valence-corrected chi connectivity index (χ3v) is 7.24. The maximum Gasteiger partial charge on any atom is 0.294 e. The monoisotopic (exact) mass is 520 g/mol. The lowest BCUT2D eigenvalue weighted by molar-refractivity contribution is -0.114. The van der Waals surface area contributed by atoms with E-state index in [4.69, 9.17) is 9.11 Å². The summed E-state index contributed by atoms with van der Waals surface area (Å²) in [6, 6.07) is 10.1. The number of amides is 1. The molecule has 3 N–H and O–H groups in total. The second-order valence-electron chi connectivity index (χ2n) is 7.85. The fourth-order valence-electron chi connectivity index (χ4n) is 3.68. The molecule has 2 heterocycles. The molecule has 0 fully saturated rings. The number of anilines is 2. The lowest BCUT2D eigenvalue weighted by Crippen LogP contribution is -2.32. The highest BCUT2D eigenvalue weighted by molar-refractivity contribution is 7.86. The minimum Gasteiger partial charge on any atom is -0.371 e. The van der Waals surface area contributed by atoms with E-state index in [1.54, 1.807) is 13.8 Å². The third-order valence-electron chi connectivity index (χ3n) is 5.51. The highest BCUT2D eigenvalue weighted by Gasteiger charge is 2.37. The molecule has 2 unspecified atom stereocenters. The van der Waals surface area contributed by atoms with Crippen molar-refractivity contribution in [3.8, 4) is 0 Å². The Morgan fingerprint density at radius 2 is 1.31 bits per heavy atom. The highest BCUT2D eigenvalue weighted by atomic mass is 32.2. The zero-order valence-corrected chi connectivity index (χ0v) is 20.0. The van der Waals surface area contributed by atoms with Crippen molar-refractivity contribution in [2.75, 3.05) is 10.0 Å². The molecule has 4 rings (SSSR count). The molecule has 1 amide bonds. The Labute approximate surface area is 201 Å². The van der Waals surface area contributed by atoms with E-state index in [1.807, 2.05) is 0 Å². The van der Waals surface area contributed by atoms with Crippen LogP contribution in [0.25, 0.3) is 0 Å². The van der Waals surface area contributed by atoms with Gasteiger partial charge in [0.1, 0.15) is 0 Å². The molecule has 35 heavy (non-hydrogen) atoms. The smallest absolute Gasteiger partial charge is 0.294 e. The number of nitrogens with zero attached hydrogens (tertiary/aromatic N) is 4. The topological polar surface area (TPSA) is 177 Å². The molecule has 0 aliphatic carbocycles. The van der Waals surface area contributed by atoms with Crippen LogP contribution in [0.1, 0.15) is 13.8 Å². The van der Waals surface area contributed by atoms with Gasteiger partial charge in [-0.3, -0.25) is 13.9 Å². The van der Waals surface area contributed by atoms with Gasteiger partial charge in [0.15, 0.2) is 6.23 Å². The second-order valence-corrected chi connectivity index (χ2v) is 10.7. The second kappa shape index (κ2) is 8.66. The van der Waals surface area contributed by atoms with Crippen molar-refractivity contribution in [1.82, 2.24) is 0 Å². The van der Waals surface area contributed by atoms with Crippen molar-refractivity contribution in [2.24, 2.45) is 16.1 Å². The Bertz CT molecular complexity index is 1500. The van der Waals surface area contributed by atoms with Gasteiger partial charge in [0.25, 0.3) is 26.1 Å². The van der Waals surface area contributed by atoms with E-state index in [9.17, 15) is 26.7 Å². The third kappa shape index (κ3) is 4.74. The van der Waals surface area contributed by atoms with Crippen LogP contribution in [0.2, 0.25) is 0 Å². The molecule has 12 nitrogen and oxygen atoms in total. The lowest BCUT2D eigenvalue weighted by atomic mass is 9.98. The summed E-state index contributed by atoms with van der Waals surface area (Å²) in [6.07, 6.45) is 0.326. The van der Waals surface area contributed by atoms with E-state index >= 15 is 0 Å². The van der Waals surface area contributed by atoms with Gasteiger partial charge in [-0.05, 0) is 62.4 Å². The number of aliphatic hydroxyl groups excluding tert-OH is 1. The first kappa shape index (κ1) is 24.7. The van der Waals surface area contributed by atoms with Crippen LogP contribution in [-0.4, -0.2) is 54.6 Å². The summed E-state index contributed by atoms with van der Waals surface area (Å²) >= 11 is 0. The number of hydrazone groups is 2. The van der Waals surface area contributed by atoms with Crippen LogP contribution in [0.5, 0.6) is 0 Å². The van der Waals surface area contributed by atoms with Crippen LogP contribution in [0.15, 0.2) is 80.2 Å². The summed E-state index contributed by atoms with van der Waals surface area (Å²) in [5, 5.41) is 21.8. The molecule has 2 aromatic carbocycles. The first-order valence-corrected chi connectivity index (χ1v) is 12.9. The summed E-state index contributed by atoms with van der Waals surface area (Å²) in [4.78, 5) is 12.4. The number of rotatable bonds is 5. The zero-order chi connectivity index (χ0) is 25.7. The van der Waals surface area contributed by atoms with Crippen molar-refractivity contribution < 1.29 is 35.8 Å². The van der Waals surface area contributed by atoms with Gasteiger partial charge in [0.05, 0.1) is 38.4 Å². The predicted octanol–water partition coefficient (Wildman–Crippen LogP) is 1.66. The molecule has 2 aliphatic heterocycles. The normalized spacial score (nSPS) is 22.1. The number of carbonyl (C=O) groups is 1.